The van der Waals surface area contributed by atoms with Crippen molar-refractivity contribution in [1.29, 1.82) is 0 Å². The third kappa shape index (κ3) is 1.34. The van der Waals surface area contributed by atoms with E-state index in [-0.39, 0.29) is 5.41 Å². The molecule has 2 aromatic carbocycles. The van der Waals surface area contributed by atoms with Crippen molar-refractivity contribution in [2.45, 2.75) is 31.8 Å². The lowest BCUT2D eigenvalue weighted by atomic mass is 9.71. The minimum Gasteiger partial charge on any atom is -0.385 e. The number of aliphatic hydroxyl groups is 1. The summed E-state index contributed by atoms with van der Waals surface area (Å²) in [5.74, 6) is 0. The minimum atomic E-state index is -0.720. The van der Waals surface area contributed by atoms with Crippen LogP contribution in [-0.4, -0.2) is 5.11 Å². The molecule has 1 nitrogen and oxygen atoms in total. The summed E-state index contributed by atoms with van der Waals surface area (Å²) < 4.78 is 0. The van der Waals surface area contributed by atoms with Gasteiger partial charge in [0, 0.05) is 5.41 Å². The van der Waals surface area contributed by atoms with Gasteiger partial charge in [-0.15, -0.1) is 0 Å². The summed E-state index contributed by atoms with van der Waals surface area (Å²) in [7, 11) is 0. The van der Waals surface area contributed by atoms with E-state index < -0.39 is 5.60 Å². The number of benzene rings is 2. The predicted molar refractivity (Wildman–Crippen MR) is 76.0 cm³/mol. The first-order valence-electron chi connectivity index (χ1n) is 7.00. The van der Waals surface area contributed by atoms with Crippen molar-refractivity contribution < 1.29 is 5.11 Å². The van der Waals surface area contributed by atoms with Crippen LogP contribution in [0.3, 0.4) is 0 Å². The van der Waals surface area contributed by atoms with E-state index in [2.05, 4.69) is 42.5 Å². The van der Waals surface area contributed by atoms with Crippen LogP contribution in [0, 0.1) is 5.41 Å². The van der Waals surface area contributed by atoms with E-state index >= 15 is 0 Å². The van der Waals surface area contributed by atoms with Crippen LogP contribution in [0.5, 0.6) is 0 Å². The molecule has 1 unspecified atom stereocenters. The molecule has 2 aromatic rings. The molecule has 19 heavy (non-hydrogen) atoms. The van der Waals surface area contributed by atoms with Gasteiger partial charge in [-0.25, -0.2) is 0 Å². The van der Waals surface area contributed by atoms with E-state index in [1.54, 1.807) is 0 Å². The SMILES string of the molecule is CC1(O)c2ccccc2CC12Cc1ccccc1C2. The largest absolute Gasteiger partial charge is 0.385 e. The van der Waals surface area contributed by atoms with Gasteiger partial charge in [0.2, 0.25) is 0 Å². The van der Waals surface area contributed by atoms with Gasteiger partial charge in [0.1, 0.15) is 0 Å². The maximum Gasteiger partial charge on any atom is 0.0936 e. The molecule has 1 heteroatoms. The van der Waals surface area contributed by atoms with Crippen LogP contribution in [0.2, 0.25) is 0 Å². The highest BCUT2D eigenvalue weighted by atomic mass is 16.3. The molecule has 1 spiro atoms. The Kier molecular flexibility index (Phi) is 2.06. The fourth-order valence-corrected chi connectivity index (χ4v) is 4.13. The van der Waals surface area contributed by atoms with E-state index in [1.807, 2.05) is 13.0 Å². The van der Waals surface area contributed by atoms with Gasteiger partial charge < -0.3 is 5.11 Å². The molecule has 0 amide bonds. The van der Waals surface area contributed by atoms with Gasteiger partial charge in [0.15, 0.2) is 0 Å². The fourth-order valence-electron chi connectivity index (χ4n) is 4.13. The molecule has 96 valence electrons. The maximum absolute atomic E-state index is 11.2. The predicted octanol–water partition coefficient (Wildman–Crippen LogP) is 3.24. The third-order valence-electron chi connectivity index (χ3n) is 5.28. The summed E-state index contributed by atoms with van der Waals surface area (Å²) in [6.45, 7) is 2.00. The van der Waals surface area contributed by atoms with Crippen LogP contribution < -0.4 is 0 Å². The molecule has 0 fully saturated rings. The molecule has 1 N–H and O–H groups in total. The van der Waals surface area contributed by atoms with Gasteiger partial charge in [0.25, 0.3) is 0 Å². The zero-order valence-corrected chi connectivity index (χ0v) is 11.2. The third-order valence-corrected chi connectivity index (χ3v) is 5.28. The van der Waals surface area contributed by atoms with Crippen molar-refractivity contribution in [2.24, 2.45) is 5.41 Å². The number of fused-ring (bicyclic) bond motifs is 2. The second-order valence-electron chi connectivity index (χ2n) is 6.31. The zero-order chi connectivity index (χ0) is 13.1. The second kappa shape index (κ2) is 3.49. The Bertz CT molecular complexity index is 624. The molecule has 2 aliphatic carbocycles. The van der Waals surface area contributed by atoms with Crippen molar-refractivity contribution >= 4 is 0 Å². The fraction of sp³-hybridized carbons (Fsp3) is 0.333. The molecule has 1 atom stereocenters. The van der Waals surface area contributed by atoms with Crippen LogP contribution >= 0.6 is 0 Å². The summed E-state index contributed by atoms with van der Waals surface area (Å²) in [6.07, 6.45) is 2.97. The normalized spacial score (nSPS) is 26.4. The summed E-state index contributed by atoms with van der Waals surface area (Å²) in [5.41, 5.74) is 4.51. The van der Waals surface area contributed by atoms with Crippen LogP contribution in [0.15, 0.2) is 48.5 Å². The highest BCUT2D eigenvalue weighted by molar-refractivity contribution is 5.46. The monoisotopic (exact) mass is 250 g/mol. The molecular formula is C18H18O. The van der Waals surface area contributed by atoms with Gasteiger partial charge >= 0.3 is 0 Å². The van der Waals surface area contributed by atoms with Crippen LogP contribution in [-0.2, 0) is 24.9 Å². The Morgan fingerprint density at radius 2 is 1.26 bits per heavy atom. The lowest BCUT2D eigenvalue weighted by molar-refractivity contribution is -0.0576. The second-order valence-corrected chi connectivity index (χ2v) is 6.31. The molecule has 0 radical (unpaired) electrons. The van der Waals surface area contributed by atoms with Gasteiger partial charge in [-0.05, 0) is 48.4 Å². The number of rotatable bonds is 0. The molecule has 0 saturated heterocycles. The average Bonchev–Trinajstić information content (AvgIpc) is 2.87. The molecule has 0 heterocycles. The number of hydrogen-bond acceptors (Lipinski definition) is 1. The number of hydrogen-bond donors (Lipinski definition) is 1. The summed E-state index contributed by atoms with van der Waals surface area (Å²) in [6, 6.07) is 17.0. The Hall–Kier alpha value is -1.60. The molecular weight excluding hydrogens is 232 g/mol. The van der Waals surface area contributed by atoms with Crippen LogP contribution in [0.25, 0.3) is 0 Å². The van der Waals surface area contributed by atoms with Gasteiger partial charge in [-0.2, -0.15) is 0 Å². The maximum atomic E-state index is 11.2. The van der Waals surface area contributed by atoms with Crippen molar-refractivity contribution in [3.8, 4) is 0 Å². The van der Waals surface area contributed by atoms with Gasteiger partial charge in [-0.1, -0.05) is 48.5 Å². The Labute approximate surface area is 113 Å². The van der Waals surface area contributed by atoms with Crippen LogP contribution in [0.4, 0.5) is 0 Å². The topological polar surface area (TPSA) is 20.2 Å². The molecule has 0 bridgehead atoms. The molecule has 4 rings (SSSR count). The zero-order valence-electron chi connectivity index (χ0n) is 11.2. The minimum absolute atomic E-state index is 0.0413. The summed E-state index contributed by atoms with van der Waals surface area (Å²) in [4.78, 5) is 0. The van der Waals surface area contributed by atoms with E-state index in [0.717, 1.165) is 24.8 Å². The Morgan fingerprint density at radius 3 is 1.84 bits per heavy atom. The van der Waals surface area contributed by atoms with Gasteiger partial charge in [-0.3, -0.25) is 0 Å². The van der Waals surface area contributed by atoms with E-state index in [4.69, 9.17) is 0 Å². The van der Waals surface area contributed by atoms with Crippen molar-refractivity contribution in [3.63, 3.8) is 0 Å². The Balaban J connectivity index is 1.84. The van der Waals surface area contributed by atoms with E-state index in [1.165, 1.54) is 16.7 Å². The first-order valence-corrected chi connectivity index (χ1v) is 7.00. The van der Waals surface area contributed by atoms with E-state index in [9.17, 15) is 5.11 Å². The first kappa shape index (κ1) is 11.2. The van der Waals surface area contributed by atoms with Crippen molar-refractivity contribution in [3.05, 3.63) is 70.8 Å². The van der Waals surface area contributed by atoms with Crippen molar-refractivity contribution in [2.75, 3.05) is 0 Å². The lowest BCUT2D eigenvalue weighted by Crippen LogP contribution is -2.41. The summed E-state index contributed by atoms with van der Waals surface area (Å²) >= 11 is 0. The van der Waals surface area contributed by atoms with Crippen molar-refractivity contribution in [1.82, 2.24) is 0 Å². The van der Waals surface area contributed by atoms with Crippen LogP contribution in [0.1, 0.15) is 29.2 Å². The quantitative estimate of drug-likeness (QED) is 0.761. The highest BCUT2D eigenvalue weighted by Gasteiger charge is 2.55. The smallest absolute Gasteiger partial charge is 0.0936 e. The highest BCUT2D eigenvalue weighted by Crippen LogP contribution is 2.56. The average molecular weight is 250 g/mol. The van der Waals surface area contributed by atoms with Gasteiger partial charge in [0.05, 0.1) is 5.60 Å². The lowest BCUT2D eigenvalue weighted by Gasteiger charge is -2.37. The summed E-state index contributed by atoms with van der Waals surface area (Å²) in [5, 5.41) is 11.2. The molecule has 0 aromatic heterocycles. The molecule has 0 saturated carbocycles. The Morgan fingerprint density at radius 1 is 0.789 bits per heavy atom. The molecule has 2 aliphatic rings. The van der Waals surface area contributed by atoms with E-state index in [0.29, 0.717) is 0 Å². The molecule has 0 aliphatic heterocycles. The first-order chi connectivity index (χ1) is 9.12. The standard InChI is InChI=1S/C18H18O/c1-17(19)16-9-5-4-8-15(16)12-18(17)10-13-6-2-3-7-14(13)11-18/h2-9,19H,10-12H2,1H3.